The maximum absolute atomic E-state index is 14.2. The van der Waals surface area contributed by atoms with Crippen LogP contribution < -0.4 is 4.74 Å². The molecular formula is C26H20F2O3. The van der Waals surface area contributed by atoms with Crippen LogP contribution in [0.1, 0.15) is 35.6 Å². The van der Waals surface area contributed by atoms with Gasteiger partial charge in [-0.3, -0.25) is 4.79 Å². The maximum Gasteiger partial charge on any atom is 0.307 e. The monoisotopic (exact) mass is 418 g/mol. The van der Waals surface area contributed by atoms with E-state index in [0.29, 0.717) is 28.2 Å². The van der Waals surface area contributed by atoms with Crippen LogP contribution in [0, 0.1) is 18.6 Å². The number of carboxylic acids is 1. The zero-order valence-electron chi connectivity index (χ0n) is 17.1. The van der Waals surface area contributed by atoms with E-state index in [-0.39, 0.29) is 18.1 Å². The van der Waals surface area contributed by atoms with Crippen LogP contribution in [-0.4, -0.2) is 11.1 Å². The number of aliphatic carboxylic acids is 1. The molecule has 0 unspecified atom stereocenters. The Bertz CT molecular complexity index is 1220. The van der Waals surface area contributed by atoms with E-state index in [9.17, 15) is 18.7 Å². The molecule has 0 fully saturated rings. The van der Waals surface area contributed by atoms with Crippen LogP contribution in [0.3, 0.4) is 0 Å². The number of fused-ring (bicyclic) bond motifs is 1. The molecule has 0 spiro atoms. The number of hydrogen-bond donors (Lipinski definition) is 1. The number of halogens is 2. The minimum absolute atomic E-state index is 0.162. The Morgan fingerprint density at radius 3 is 2.16 bits per heavy atom. The molecule has 0 atom stereocenters. The zero-order valence-corrected chi connectivity index (χ0v) is 17.1. The summed E-state index contributed by atoms with van der Waals surface area (Å²) in [6.45, 7) is 3.54. The fourth-order valence-electron chi connectivity index (χ4n) is 3.85. The first kappa shape index (κ1) is 20.5. The van der Waals surface area contributed by atoms with Crippen LogP contribution in [0.4, 0.5) is 8.78 Å². The minimum Gasteiger partial charge on any atom is -0.481 e. The summed E-state index contributed by atoms with van der Waals surface area (Å²) in [5.41, 5.74) is 5.20. The Morgan fingerprint density at radius 1 is 0.935 bits per heavy atom. The summed E-state index contributed by atoms with van der Waals surface area (Å²) in [6.07, 6.45) is 1.80. The van der Waals surface area contributed by atoms with Crippen molar-refractivity contribution in [1.82, 2.24) is 0 Å². The van der Waals surface area contributed by atoms with Crippen molar-refractivity contribution in [3.8, 4) is 11.5 Å². The molecule has 1 aliphatic rings. The summed E-state index contributed by atoms with van der Waals surface area (Å²) in [6, 6.07) is 16.3. The Balaban J connectivity index is 1.68. The van der Waals surface area contributed by atoms with Gasteiger partial charge in [-0.2, -0.15) is 0 Å². The Kier molecular flexibility index (Phi) is 5.42. The summed E-state index contributed by atoms with van der Waals surface area (Å²) in [7, 11) is 0. The largest absolute Gasteiger partial charge is 0.481 e. The van der Waals surface area contributed by atoms with Gasteiger partial charge in [0.1, 0.15) is 23.1 Å². The van der Waals surface area contributed by atoms with E-state index in [1.54, 1.807) is 37.3 Å². The average Bonchev–Trinajstić information content (AvgIpc) is 2.99. The SMILES string of the molecule is CC1=C(CC(=O)O)c2c(ccc(F)c2C)/C1=C\c1ccc(Oc2ccc(F)cc2)cc1. The summed E-state index contributed by atoms with van der Waals surface area (Å²) in [4.78, 5) is 11.4. The van der Waals surface area contributed by atoms with Crippen molar-refractivity contribution < 1.29 is 23.4 Å². The fraction of sp³-hybridized carbons (Fsp3) is 0.115. The second kappa shape index (κ2) is 8.19. The number of carbonyl (C=O) groups is 1. The van der Waals surface area contributed by atoms with Crippen molar-refractivity contribution in [2.24, 2.45) is 0 Å². The van der Waals surface area contributed by atoms with Crippen LogP contribution in [0.2, 0.25) is 0 Å². The summed E-state index contributed by atoms with van der Waals surface area (Å²) < 4.78 is 32.9. The molecule has 156 valence electrons. The van der Waals surface area contributed by atoms with E-state index in [4.69, 9.17) is 4.74 Å². The molecule has 31 heavy (non-hydrogen) atoms. The van der Waals surface area contributed by atoms with Gasteiger partial charge in [0.2, 0.25) is 0 Å². The van der Waals surface area contributed by atoms with Crippen molar-refractivity contribution in [3.63, 3.8) is 0 Å². The molecular weight excluding hydrogens is 398 g/mol. The molecule has 3 nitrogen and oxygen atoms in total. The lowest BCUT2D eigenvalue weighted by Gasteiger charge is -2.09. The van der Waals surface area contributed by atoms with Gasteiger partial charge >= 0.3 is 5.97 Å². The minimum atomic E-state index is -0.951. The number of ether oxygens (including phenoxy) is 1. The Labute approximate surface area is 178 Å². The third-order valence-electron chi connectivity index (χ3n) is 5.42. The topological polar surface area (TPSA) is 46.5 Å². The third kappa shape index (κ3) is 4.12. The van der Waals surface area contributed by atoms with E-state index in [1.165, 1.54) is 18.2 Å². The highest BCUT2D eigenvalue weighted by Crippen LogP contribution is 2.45. The lowest BCUT2D eigenvalue weighted by molar-refractivity contribution is -0.135. The molecule has 0 aliphatic heterocycles. The number of rotatable bonds is 5. The summed E-state index contributed by atoms with van der Waals surface area (Å²) >= 11 is 0. The summed E-state index contributed by atoms with van der Waals surface area (Å²) in [5, 5.41) is 9.34. The first-order valence-electron chi connectivity index (χ1n) is 9.80. The second-order valence-electron chi connectivity index (χ2n) is 7.45. The van der Waals surface area contributed by atoms with E-state index in [1.807, 2.05) is 25.1 Å². The molecule has 0 bridgehead atoms. The molecule has 0 saturated carbocycles. The van der Waals surface area contributed by atoms with Crippen LogP contribution in [-0.2, 0) is 4.79 Å². The third-order valence-corrected chi connectivity index (χ3v) is 5.42. The van der Waals surface area contributed by atoms with Gasteiger partial charge in [0.15, 0.2) is 0 Å². The quantitative estimate of drug-likeness (QED) is 0.492. The number of benzene rings is 3. The van der Waals surface area contributed by atoms with Crippen molar-refractivity contribution in [2.45, 2.75) is 20.3 Å². The number of hydrogen-bond acceptors (Lipinski definition) is 2. The van der Waals surface area contributed by atoms with Crippen LogP contribution in [0.5, 0.6) is 11.5 Å². The van der Waals surface area contributed by atoms with Gasteiger partial charge in [0.25, 0.3) is 0 Å². The lowest BCUT2D eigenvalue weighted by Crippen LogP contribution is -1.99. The molecule has 3 aromatic carbocycles. The predicted molar refractivity (Wildman–Crippen MR) is 117 cm³/mol. The van der Waals surface area contributed by atoms with E-state index in [2.05, 4.69) is 0 Å². The first-order chi connectivity index (χ1) is 14.8. The Hall–Kier alpha value is -3.73. The van der Waals surface area contributed by atoms with Crippen LogP contribution in [0.15, 0.2) is 66.2 Å². The number of allylic oxidation sites excluding steroid dienone is 2. The highest BCUT2D eigenvalue weighted by atomic mass is 19.1. The maximum atomic E-state index is 14.2. The smallest absolute Gasteiger partial charge is 0.307 e. The molecule has 3 aromatic rings. The van der Waals surface area contributed by atoms with E-state index >= 15 is 0 Å². The van der Waals surface area contributed by atoms with Crippen LogP contribution in [0.25, 0.3) is 17.2 Å². The molecule has 0 amide bonds. The summed E-state index contributed by atoms with van der Waals surface area (Å²) in [5.74, 6) is -0.485. The highest BCUT2D eigenvalue weighted by Gasteiger charge is 2.27. The molecule has 0 radical (unpaired) electrons. The molecule has 0 aromatic heterocycles. The first-order valence-corrected chi connectivity index (χ1v) is 9.80. The van der Waals surface area contributed by atoms with Gasteiger partial charge in [-0.05, 0) is 101 Å². The Morgan fingerprint density at radius 2 is 1.55 bits per heavy atom. The number of carboxylic acid groups (broad SMARTS) is 1. The van der Waals surface area contributed by atoms with Crippen molar-refractivity contribution in [2.75, 3.05) is 0 Å². The fourth-order valence-corrected chi connectivity index (χ4v) is 3.85. The molecule has 1 N–H and O–H groups in total. The van der Waals surface area contributed by atoms with Gasteiger partial charge < -0.3 is 9.84 Å². The molecule has 5 heteroatoms. The van der Waals surface area contributed by atoms with Crippen molar-refractivity contribution in [1.29, 1.82) is 0 Å². The zero-order chi connectivity index (χ0) is 22.1. The molecule has 0 saturated heterocycles. The molecule has 0 heterocycles. The standard InChI is InChI=1S/C26H20F2O3/c1-15-22(21-11-12-24(28)16(2)26(21)23(15)14-25(29)30)13-17-3-7-19(8-4-17)31-20-9-5-18(27)6-10-20/h3-13H,14H2,1-2H3,(H,29,30)/b22-13-. The van der Waals surface area contributed by atoms with Crippen molar-refractivity contribution >= 4 is 23.2 Å². The average molecular weight is 418 g/mol. The van der Waals surface area contributed by atoms with Gasteiger partial charge in [0, 0.05) is 0 Å². The molecule has 4 rings (SSSR count). The van der Waals surface area contributed by atoms with E-state index in [0.717, 1.165) is 22.3 Å². The van der Waals surface area contributed by atoms with Gasteiger partial charge in [0.05, 0.1) is 6.42 Å². The second-order valence-corrected chi connectivity index (χ2v) is 7.45. The van der Waals surface area contributed by atoms with Gasteiger partial charge in [-0.25, -0.2) is 8.78 Å². The lowest BCUT2D eigenvalue weighted by atomic mass is 9.96. The predicted octanol–water partition coefficient (Wildman–Crippen LogP) is 6.87. The highest BCUT2D eigenvalue weighted by molar-refractivity contribution is 6.08. The van der Waals surface area contributed by atoms with Crippen molar-refractivity contribution in [3.05, 3.63) is 100 Å². The normalized spacial score (nSPS) is 14.1. The van der Waals surface area contributed by atoms with Gasteiger partial charge in [-0.15, -0.1) is 0 Å². The molecule has 1 aliphatic carbocycles. The van der Waals surface area contributed by atoms with E-state index < -0.39 is 5.97 Å². The van der Waals surface area contributed by atoms with Crippen LogP contribution >= 0.6 is 0 Å². The van der Waals surface area contributed by atoms with Gasteiger partial charge in [-0.1, -0.05) is 18.2 Å².